The molecular formula is C11H13Br2NO2. The summed E-state index contributed by atoms with van der Waals surface area (Å²) < 4.78 is 1.82. The molecular weight excluding hydrogens is 338 g/mol. The number of nitrogens with one attached hydrogen (secondary N) is 1. The highest BCUT2D eigenvalue weighted by molar-refractivity contribution is 9.11. The first-order valence-electron chi connectivity index (χ1n) is 4.87. The van der Waals surface area contributed by atoms with Crippen molar-refractivity contribution in [2.24, 2.45) is 5.92 Å². The van der Waals surface area contributed by atoms with E-state index in [1.165, 1.54) is 0 Å². The lowest BCUT2D eigenvalue weighted by Gasteiger charge is -2.20. The van der Waals surface area contributed by atoms with Crippen LogP contribution in [0.2, 0.25) is 0 Å². The molecule has 5 heteroatoms. The minimum absolute atomic E-state index is 0.146. The monoisotopic (exact) mass is 349 g/mol. The van der Waals surface area contributed by atoms with Gasteiger partial charge in [-0.1, -0.05) is 6.07 Å². The van der Waals surface area contributed by atoms with Crippen molar-refractivity contribution in [3.05, 3.63) is 27.1 Å². The van der Waals surface area contributed by atoms with E-state index in [1.54, 1.807) is 6.92 Å². The van der Waals surface area contributed by atoms with Crippen LogP contribution >= 0.6 is 31.9 Å². The molecule has 0 amide bonds. The first-order valence-corrected chi connectivity index (χ1v) is 6.45. The van der Waals surface area contributed by atoms with Crippen LogP contribution in [0, 0.1) is 5.92 Å². The molecule has 0 spiro atoms. The van der Waals surface area contributed by atoms with Crippen LogP contribution in [0.3, 0.4) is 0 Å². The van der Waals surface area contributed by atoms with Crippen LogP contribution in [0.4, 0.5) is 5.69 Å². The quantitative estimate of drug-likeness (QED) is 0.869. The minimum Gasteiger partial charge on any atom is -0.481 e. The molecule has 16 heavy (non-hydrogen) atoms. The molecule has 0 saturated carbocycles. The van der Waals surface area contributed by atoms with Crippen LogP contribution in [-0.4, -0.2) is 17.1 Å². The summed E-state index contributed by atoms with van der Waals surface area (Å²) in [5.74, 6) is -1.25. The second-order valence-electron chi connectivity index (χ2n) is 3.66. The lowest BCUT2D eigenvalue weighted by atomic mass is 10.0. The number of carboxylic acids is 1. The highest BCUT2D eigenvalue weighted by Crippen LogP contribution is 2.31. The van der Waals surface area contributed by atoms with Crippen molar-refractivity contribution in [3.63, 3.8) is 0 Å². The van der Waals surface area contributed by atoms with Crippen molar-refractivity contribution in [2.75, 3.05) is 5.32 Å². The second-order valence-corrected chi connectivity index (χ2v) is 5.37. The van der Waals surface area contributed by atoms with Crippen molar-refractivity contribution in [1.82, 2.24) is 0 Å². The van der Waals surface area contributed by atoms with Crippen LogP contribution < -0.4 is 5.32 Å². The molecule has 1 rings (SSSR count). The number of carbonyl (C=O) groups is 1. The van der Waals surface area contributed by atoms with Gasteiger partial charge >= 0.3 is 5.97 Å². The van der Waals surface area contributed by atoms with Crippen molar-refractivity contribution in [3.8, 4) is 0 Å². The fraction of sp³-hybridized carbons (Fsp3) is 0.364. The molecule has 88 valence electrons. The first-order chi connectivity index (χ1) is 7.43. The van der Waals surface area contributed by atoms with Crippen LogP contribution in [0.25, 0.3) is 0 Å². The van der Waals surface area contributed by atoms with E-state index in [0.717, 1.165) is 14.6 Å². The van der Waals surface area contributed by atoms with E-state index in [0.29, 0.717) is 0 Å². The fourth-order valence-corrected chi connectivity index (χ4v) is 2.43. The van der Waals surface area contributed by atoms with Gasteiger partial charge in [0, 0.05) is 15.0 Å². The maximum atomic E-state index is 10.8. The van der Waals surface area contributed by atoms with Gasteiger partial charge in [0.1, 0.15) is 0 Å². The summed E-state index contributed by atoms with van der Waals surface area (Å²) in [4.78, 5) is 10.8. The molecule has 0 radical (unpaired) electrons. The van der Waals surface area contributed by atoms with Crippen LogP contribution in [-0.2, 0) is 4.79 Å². The van der Waals surface area contributed by atoms with Gasteiger partial charge < -0.3 is 10.4 Å². The second kappa shape index (κ2) is 5.68. The number of hydrogen-bond donors (Lipinski definition) is 2. The summed E-state index contributed by atoms with van der Waals surface area (Å²) in [6.45, 7) is 3.54. The molecule has 2 unspecified atom stereocenters. The molecule has 0 bridgehead atoms. The lowest BCUT2D eigenvalue weighted by Crippen LogP contribution is -2.29. The molecule has 2 N–H and O–H groups in total. The zero-order chi connectivity index (χ0) is 12.3. The Morgan fingerprint density at radius 3 is 2.25 bits per heavy atom. The highest BCUT2D eigenvalue weighted by atomic mass is 79.9. The van der Waals surface area contributed by atoms with E-state index in [1.807, 2.05) is 25.1 Å². The standard InChI is InChI=1S/C11H13Br2NO2/c1-6(11(15)16)7(2)14-10-8(12)4-3-5-9(10)13/h3-7,14H,1-2H3,(H,15,16). The van der Waals surface area contributed by atoms with Gasteiger partial charge in [0.2, 0.25) is 0 Å². The molecule has 0 aliphatic carbocycles. The first kappa shape index (κ1) is 13.5. The number of rotatable bonds is 4. The van der Waals surface area contributed by atoms with E-state index in [-0.39, 0.29) is 6.04 Å². The molecule has 0 fully saturated rings. The minimum atomic E-state index is -0.803. The van der Waals surface area contributed by atoms with Crippen molar-refractivity contribution in [1.29, 1.82) is 0 Å². The van der Waals surface area contributed by atoms with Gasteiger partial charge in [0.15, 0.2) is 0 Å². The van der Waals surface area contributed by atoms with E-state index in [4.69, 9.17) is 5.11 Å². The van der Waals surface area contributed by atoms with E-state index >= 15 is 0 Å². The Morgan fingerprint density at radius 2 is 1.81 bits per heavy atom. The number of carboxylic acid groups (broad SMARTS) is 1. The molecule has 3 nitrogen and oxygen atoms in total. The Bertz CT molecular complexity index is 375. The Kier molecular flexibility index (Phi) is 4.80. The molecule has 1 aromatic rings. The normalized spacial score (nSPS) is 14.2. The summed E-state index contributed by atoms with van der Waals surface area (Å²) in [6, 6.07) is 5.58. The van der Waals surface area contributed by atoms with Gasteiger partial charge in [0.05, 0.1) is 11.6 Å². The topological polar surface area (TPSA) is 49.3 Å². The van der Waals surface area contributed by atoms with Crippen LogP contribution in [0.5, 0.6) is 0 Å². The summed E-state index contributed by atoms with van der Waals surface area (Å²) >= 11 is 6.84. The largest absolute Gasteiger partial charge is 0.481 e. The number of halogens is 2. The average Bonchev–Trinajstić information content (AvgIpc) is 2.22. The predicted molar refractivity (Wildman–Crippen MR) is 71.7 cm³/mol. The summed E-state index contributed by atoms with van der Waals surface area (Å²) in [5, 5.41) is 12.1. The zero-order valence-electron chi connectivity index (χ0n) is 9.00. The predicted octanol–water partition coefficient (Wildman–Crippen LogP) is 3.73. The maximum Gasteiger partial charge on any atom is 0.308 e. The highest BCUT2D eigenvalue weighted by Gasteiger charge is 2.20. The van der Waals surface area contributed by atoms with Crippen molar-refractivity contribution >= 4 is 43.5 Å². The molecule has 0 aliphatic rings. The summed E-state index contributed by atoms with van der Waals surface area (Å²) in [7, 11) is 0. The maximum absolute atomic E-state index is 10.8. The zero-order valence-corrected chi connectivity index (χ0v) is 12.2. The van der Waals surface area contributed by atoms with Crippen LogP contribution in [0.15, 0.2) is 27.1 Å². The molecule has 0 aliphatic heterocycles. The molecule has 2 atom stereocenters. The van der Waals surface area contributed by atoms with Gasteiger partial charge in [-0.05, 0) is 57.8 Å². The fourth-order valence-electron chi connectivity index (χ4n) is 1.20. The Balaban J connectivity index is 2.84. The lowest BCUT2D eigenvalue weighted by molar-refractivity contribution is -0.141. The Hall–Kier alpha value is -0.550. The van der Waals surface area contributed by atoms with Gasteiger partial charge in [0.25, 0.3) is 0 Å². The third kappa shape index (κ3) is 3.22. The van der Waals surface area contributed by atoms with Crippen molar-refractivity contribution < 1.29 is 9.90 Å². The molecule has 0 heterocycles. The smallest absolute Gasteiger partial charge is 0.308 e. The van der Waals surface area contributed by atoms with Gasteiger partial charge in [-0.2, -0.15) is 0 Å². The van der Waals surface area contributed by atoms with E-state index in [9.17, 15) is 4.79 Å². The van der Waals surface area contributed by atoms with Gasteiger partial charge in [-0.3, -0.25) is 4.79 Å². The van der Waals surface area contributed by atoms with Crippen LogP contribution in [0.1, 0.15) is 13.8 Å². The number of para-hydroxylation sites is 1. The summed E-state index contributed by atoms with van der Waals surface area (Å²) in [5.41, 5.74) is 0.878. The van der Waals surface area contributed by atoms with E-state index in [2.05, 4.69) is 37.2 Å². The van der Waals surface area contributed by atoms with Crippen molar-refractivity contribution in [2.45, 2.75) is 19.9 Å². The third-order valence-electron chi connectivity index (χ3n) is 2.47. The average molecular weight is 351 g/mol. The molecule has 1 aromatic carbocycles. The van der Waals surface area contributed by atoms with E-state index < -0.39 is 11.9 Å². The number of aliphatic carboxylic acids is 1. The Morgan fingerprint density at radius 1 is 1.31 bits per heavy atom. The number of anilines is 1. The number of hydrogen-bond acceptors (Lipinski definition) is 2. The van der Waals surface area contributed by atoms with Gasteiger partial charge in [-0.15, -0.1) is 0 Å². The third-order valence-corrected chi connectivity index (χ3v) is 3.80. The molecule has 0 aromatic heterocycles. The van der Waals surface area contributed by atoms with Gasteiger partial charge in [-0.25, -0.2) is 0 Å². The Labute approximate surface area is 111 Å². The molecule has 0 saturated heterocycles. The summed E-state index contributed by atoms with van der Waals surface area (Å²) in [6.07, 6.45) is 0. The number of benzene rings is 1. The SMILES string of the molecule is CC(Nc1c(Br)cccc1Br)C(C)C(=O)O.